The average Bonchev–Trinajstić information content (AvgIpc) is 2.39. The van der Waals surface area contributed by atoms with Gasteiger partial charge in [0.2, 0.25) is 0 Å². The molecule has 0 bridgehead atoms. The molecule has 0 saturated carbocycles. The van der Waals surface area contributed by atoms with Crippen molar-refractivity contribution in [1.82, 2.24) is 5.32 Å². The Kier molecular flexibility index (Phi) is 4.40. The van der Waals surface area contributed by atoms with E-state index in [0.717, 1.165) is 17.2 Å². The Morgan fingerprint density at radius 3 is 2.45 bits per heavy atom. The van der Waals surface area contributed by atoms with Crippen molar-refractivity contribution in [3.63, 3.8) is 0 Å². The van der Waals surface area contributed by atoms with E-state index >= 15 is 0 Å². The third-order valence-electron chi connectivity index (χ3n) is 3.10. The van der Waals surface area contributed by atoms with Crippen LogP contribution in [0.1, 0.15) is 34.5 Å². The molecule has 1 amide bonds. The first-order valence-electron chi connectivity index (χ1n) is 6.30. The minimum Gasteiger partial charge on any atom is -0.345 e. The highest BCUT2D eigenvalue weighted by Gasteiger charge is 2.15. The molecule has 0 aromatic heterocycles. The number of benzene rings is 2. The van der Waals surface area contributed by atoms with Crippen molar-refractivity contribution in [2.75, 3.05) is 0 Å². The second-order valence-electron chi connectivity index (χ2n) is 4.73. The molecule has 2 nitrogen and oxygen atoms in total. The van der Waals surface area contributed by atoms with Gasteiger partial charge in [0.15, 0.2) is 0 Å². The number of aryl methyl sites for hydroxylation is 1. The van der Waals surface area contributed by atoms with Crippen LogP contribution < -0.4 is 5.32 Å². The summed E-state index contributed by atoms with van der Waals surface area (Å²) in [5, 5.41) is 3.04. The lowest BCUT2D eigenvalue weighted by molar-refractivity contribution is 0.0936. The van der Waals surface area contributed by atoms with E-state index in [-0.39, 0.29) is 16.6 Å². The fourth-order valence-corrected chi connectivity index (χ4v) is 2.05. The summed E-state index contributed by atoms with van der Waals surface area (Å²) in [4.78, 5) is 12.0. The molecule has 20 heavy (non-hydrogen) atoms. The van der Waals surface area contributed by atoms with Crippen LogP contribution in [-0.4, -0.2) is 5.91 Å². The Balaban J connectivity index is 2.13. The molecule has 0 heterocycles. The molecule has 2 rings (SSSR count). The van der Waals surface area contributed by atoms with Crippen LogP contribution in [0.25, 0.3) is 0 Å². The van der Waals surface area contributed by atoms with Gasteiger partial charge in [-0.15, -0.1) is 0 Å². The quantitative estimate of drug-likeness (QED) is 0.898. The number of hydrogen-bond acceptors (Lipinski definition) is 1. The van der Waals surface area contributed by atoms with Gasteiger partial charge in [0.25, 0.3) is 5.91 Å². The van der Waals surface area contributed by atoms with E-state index in [4.69, 9.17) is 11.6 Å². The SMILES string of the molecule is Cc1ccc([C@@H](C)NC(=O)c2ccc(Cl)cc2F)cc1. The van der Waals surface area contributed by atoms with Gasteiger partial charge >= 0.3 is 0 Å². The van der Waals surface area contributed by atoms with Gasteiger partial charge in [-0.05, 0) is 37.6 Å². The monoisotopic (exact) mass is 291 g/mol. The van der Waals surface area contributed by atoms with Gasteiger partial charge < -0.3 is 5.32 Å². The Morgan fingerprint density at radius 1 is 1.20 bits per heavy atom. The average molecular weight is 292 g/mol. The zero-order valence-corrected chi connectivity index (χ0v) is 12.0. The highest BCUT2D eigenvalue weighted by atomic mass is 35.5. The third kappa shape index (κ3) is 3.36. The Hall–Kier alpha value is -1.87. The summed E-state index contributed by atoms with van der Waals surface area (Å²) in [6.45, 7) is 3.85. The lowest BCUT2D eigenvalue weighted by Gasteiger charge is -2.15. The molecule has 0 unspecified atom stereocenters. The lowest BCUT2D eigenvalue weighted by Crippen LogP contribution is -2.27. The van der Waals surface area contributed by atoms with E-state index in [9.17, 15) is 9.18 Å². The number of carbonyl (C=O) groups excluding carboxylic acids is 1. The predicted octanol–water partition coefficient (Wildman–Crippen LogP) is 4.28. The first kappa shape index (κ1) is 14.5. The smallest absolute Gasteiger partial charge is 0.254 e. The third-order valence-corrected chi connectivity index (χ3v) is 3.34. The number of carbonyl (C=O) groups is 1. The largest absolute Gasteiger partial charge is 0.345 e. The second-order valence-corrected chi connectivity index (χ2v) is 5.17. The van der Waals surface area contributed by atoms with Gasteiger partial charge in [-0.25, -0.2) is 4.39 Å². The number of rotatable bonds is 3. The zero-order chi connectivity index (χ0) is 14.7. The van der Waals surface area contributed by atoms with Gasteiger partial charge in [-0.3, -0.25) is 4.79 Å². The van der Waals surface area contributed by atoms with Gasteiger partial charge in [0, 0.05) is 5.02 Å². The normalized spacial score (nSPS) is 12.0. The van der Waals surface area contributed by atoms with Crippen molar-refractivity contribution >= 4 is 17.5 Å². The molecule has 0 radical (unpaired) electrons. The summed E-state index contributed by atoms with van der Waals surface area (Å²) in [5.41, 5.74) is 2.11. The van der Waals surface area contributed by atoms with Gasteiger partial charge in [-0.1, -0.05) is 41.4 Å². The second kappa shape index (κ2) is 6.06. The predicted molar refractivity (Wildman–Crippen MR) is 78.5 cm³/mol. The molecule has 1 N–H and O–H groups in total. The maximum absolute atomic E-state index is 13.7. The number of hydrogen-bond donors (Lipinski definition) is 1. The molecular formula is C16H15ClFNO. The summed E-state index contributed by atoms with van der Waals surface area (Å²) >= 11 is 5.67. The Bertz CT molecular complexity index is 625. The minimum atomic E-state index is -0.619. The first-order valence-corrected chi connectivity index (χ1v) is 6.67. The molecule has 2 aromatic carbocycles. The van der Waals surface area contributed by atoms with Crippen LogP contribution in [0.5, 0.6) is 0 Å². The summed E-state index contributed by atoms with van der Waals surface area (Å²) < 4.78 is 13.7. The summed E-state index contributed by atoms with van der Waals surface area (Å²) in [5.74, 6) is -1.07. The number of amides is 1. The molecule has 0 spiro atoms. The zero-order valence-electron chi connectivity index (χ0n) is 11.3. The molecule has 0 aliphatic heterocycles. The summed E-state index contributed by atoms with van der Waals surface area (Å²) in [6.07, 6.45) is 0. The van der Waals surface area contributed by atoms with Crippen LogP contribution in [0.4, 0.5) is 4.39 Å². The van der Waals surface area contributed by atoms with Crippen LogP contribution in [0, 0.1) is 12.7 Å². The van der Waals surface area contributed by atoms with Crippen molar-refractivity contribution in [2.24, 2.45) is 0 Å². The van der Waals surface area contributed by atoms with E-state index in [1.165, 1.54) is 12.1 Å². The molecule has 0 saturated heterocycles. The molecule has 4 heteroatoms. The lowest BCUT2D eigenvalue weighted by atomic mass is 10.1. The van der Waals surface area contributed by atoms with Crippen LogP contribution in [0.2, 0.25) is 5.02 Å². The van der Waals surface area contributed by atoms with E-state index in [1.54, 1.807) is 0 Å². The van der Waals surface area contributed by atoms with Crippen molar-refractivity contribution in [1.29, 1.82) is 0 Å². The molecule has 2 aromatic rings. The van der Waals surface area contributed by atoms with E-state index in [2.05, 4.69) is 5.32 Å². The first-order chi connectivity index (χ1) is 9.47. The van der Waals surface area contributed by atoms with Crippen molar-refractivity contribution in [2.45, 2.75) is 19.9 Å². The fraction of sp³-hybridized carbons (Fsp3) is 0.188. The minimum absolute atomic E-state index is 0.00615. The maximum atomic E-state index is 13.7. The number of nitrogens with one attached hydrogen (secondary N) is 1. The molecular weight excluding hydrogens is 277 g/mol. The Morgan fingerprint density at radius 2 is 1.85 bits per heavy atom. The van der Waals surface area contributed by atoms with Crippen molar-refractivity contribution < 1.29 is 9.18 Å². The standard InChI is InChI=1S/C16H15ClFNO/c1-10-3-5-12(6-4-10)11(2)19-16(20)14-8-7-13(17)9-15(14)18/h3-9,11H,1-2H3,(H,19,20)/t11-/m1/s1. The molecule has 0 fully saturated rings. The summed E-state index contributed by atoms with van der Waals surface area (Å²) in [7, 11) is 0. The van der Waals surface area contributed by atoms with Crippen molar-refractivity contribution in [3.8, 4) is 0 Å². The molecule has 0 aliphatic rings. The van der Waals surface area contributed by atoms with Crippen LogP contribution in [-0.2, 0) is 0 Å². The maximum Gasteiger partial charge on any atom is 0.254 e. The van der Waals surface area contributed by atoms with E-state index in [1.807, 2.05) is 38.1 Å². The van der Waals surface area contributed by atoms with E-state index < -0.39 is 11.7 Å². The molecule has 0 aliphatic carbocycles. The van der Waals surface area contributed by atoms with Gasteiger partial charge in [0.05, 0.1) is 11.6 Å². The molecule has 1 atom stereocenters. The van der Waals surface area contributed by atoms with E-state index in [0.29, 0.717) is 0 Å². The van der Waals surface area contributed by atoms with Crippen LogP contribution >= 0.6 is 11.6 Å². The van der Waals surface area contributed by atoms with Crippen molar-refractivity contribution in [3.05, 3.63) is 70.0 Å². The van der Waals surface area contributed by atoms with Crippen LogP contribution in [0.3, 0.4) is 0 Å². The van der Waals surface area contributed by atoms with Gasteiger partial charge in [0.1, 0.15) is 5.82 Å². The molecule has 104 valence electrons. The topological polar surface area (TPSA) is 29.1 Å². The van der Waals surface area contributed by atoms with Crippen LogP contribution in [0.15, 0.2) is 42.5 Å². The summed E-state index contributed by atoms with van der Waals surface area (Å²) in [6, 6.07) is 11.6. The highest BCUT2D eigenvalue weighted by Crippen LogP contribution is 2.17. The number of halogens is 2. The highest BCUT2D eigenvalue weighted by molar-refractivity contribution is 6.30. The Labute approximate surface area is 122 Å². The van der Waals surface area contributed by atoms with Gasteiger partial charge in [-0.2, -0.15) is 0 Å². The fourth-order valence-electron chi connectivity index (χ4n) is 1.89.